The molecule has 1 heterocycles. The number of hydrogen-bond donors (Lipinski definition) is 1. The van der Waals surface area contributed by atoms with Crippen molar-refractivity contribution in [2.45, 2.75) is 19.8 Å². The summed E-state index contributed by atoms with van der Waals surface area (Å²) in [7, 11) is 0. The second-order valence-corrected chi connectivity index (χ2v) is 3.51. The Morgan fingerprint density at radius 2 is 2.47 bits per heavy atom. The van der Waals surface area contributed by atoms with Crippen LogP contribution < -0.4 is 0 Å². The van der Waals surface area contributed by atoms with Crippen LogP contribution in [0.15, 0.2) is 30.6 Å². The first kappa shape index (κ1) is 11.4. The van der Waals surface area contributed by atoms with Crippen LogP contribution >= 0.6 is 0 Å². The molecule has 0 aliphatic heterocycles. The van der Waals surface area contributed by atoms with E-state index in [1.807, 2.05) is 24.3 Å². The van der Waals surface area contributed by atoms with Crippen molar-refractivity contribution < 1.29 is 9.90 Å². The van der Waals surface area contributed by atoms with Crippen molar-refractivity contribution in [1.29, 1.82) is 0 Å². The van der Waals surface area contributed by atoms with E-state index in [9.17, 15) is 4.79 Å². The first-order chi connectivity index (χ1) is 7.20. The third-order valence-corrected chi connectivity index (χ3v) is 2.18. The van der Waals surface area contributed by atoms with Crippen LogP contribution in [-0.4, -0.2) is 16.1 Å². The lowest BCUT2D eigenvalue weighted by Crippen LogP contribution is -2.08. The minimum atomic E-state index is -0.732. The third-order valence-electron chi connectivity index (χ3n) is 2.18. The van der Waals surface area contributed by atoms with Gasteiger partial charge in [-0.3, -0.25) is 9.78 Å². The molecule has 3 nitrogen and oxygen atoms in total. The van der Waals surface area contributed by atoms with Gasteiger partial charge in [-0.15, -0.1) is 0 Å². The molecule has 1 unspecified atom stereocenters. The van der Waals surface area contributed by atoms with Gasteiger partial charge in [-0.05, 0) is 24.5 Å². The quantitative estimate of drug-likeness (QED) is 0.803. The van der Waals surface area contributed by atoms with E-state index in [1.54, 1.807) is 19.3 Å². The van der Waals surface area contributed by atoms with Crippen LogP contribution in [0.2, 0.25) is 0 Å². The van der Waals surface area contributed by atoms with Crippen LogP contribution in [0.25, 0.3) is 6.08 Å². The zero-order valence-electron chi connectivity index (χ0n) is 8.76. The van der Waals surface area contributed by atoms with Gasteiger partial charge >= 0.3 is 5.97 Å². The first-order valence-corrected chi connectivity index (χ1v) is 4.99. The van der Waals surface area contributed by atoms with Crippen molar-refractivity contribution >= 4 is 12.0 Å². The molecule has 1 rings (SSSR count). The fourth-order valence-electron chi connectivity index (χ4n) is 1.16. The molecule has 0 amide bonds. The van der Waals surface area contributed by atoms with E-state index in [-0.39, 0.29) is 5.92 Å². The van der Waals surface area contributed by atoms with Gasteiger partial charge in [0.1, 0.15) is 0 Å². The zero-order valence-corrected chi connectivity index (χ0v) is 8.76. The van der Waals surface area contributed by atoms with Crippen molar-refractivity contribution in [1.82, 2.24) is 4.98 Å². The van der Waals surface area contributed by atoms with Crippen molar-refractivity contribution in [3.63, 3.8) is 0 Å². The van der Waals surface area contributed by atoms with Crippen molar-refractivity contribution in [2.24, 2.45) is 5.92 Å². The summed E-state index contributed by atoms with van der Waals surface area (Å²) < 4.78 is 0. The summed E-state index contributed by atoms with van der Waals surface area (Å²) in [6, 6.07) is 3.84. The Hall–Kier alpha value is -1.64. The standard InChI is InChI=1S/C12H15NO2/c1-10(12(14)15)5-2-3-6-11-7-4-8-13-9-11/h3-4,6-10H,2,5H2,1H3,(H,14,15)/b6-3+. The van der Waals surface area contributed by atoms with Crippen LogP contribution in [0, 0.1) is 5.92 Å². The molecule has 0 aromatic carbocycles. The highest BCUT2D eigenvalue weighted by molar-refractivity contribution is 5.69. The molecule has 80 valence electrons. The average Bonchev–Trinajstić information content (AvgIpc) is 2.25. The van der Waals surface area contributed by atoms with Crippen LogP contribution in [0.3, 0.4) is 0 Å². The number of hydrogen-bond acceptors (Lipinski definition) is 2. The lowest BCUT2D eigenvalue weighted by molar-refractivity contribution is -0.141. The fourth-order valence-corrected chi connectivity index (χ4v) is 1.16. The Morgan fingerprint density at radius 1 is 1.67 bits per heavy atom. The Balaban J connectivity index is 2.32. The van der Waals surface area contributed by atoms with Gasteiger partial charge in [0.2, 0.25) is 0 Å². The summed E-state index contributed by atoms with van der Waals surface area (Å²) in [5, 5.41) is 8.66. The second-order valence-electron chi connectivity index (χ2n) is 3.51. The van der Waals surface area contributed by atoms with Gasteiger partial charge in [0, 0.05) is 12.4 Å². The molecular formula is C12H15NO2. The summed E-state index contributed by atoms with van der Waals surface area (Å²) in [4.78, 5) is 14.5. The van der Waals surface area contributed by atoms with Crippen LogP contribution in [0.1, 0.15) is 25.3 Å². The van der Waals surface area contributed by atoms with Crippen LogP contribution in [0.4, 0.5) is 0 Å². The number of allylic oxidation sites excluding steroid dienone is 1. The molecule has 0 radical (unpaired) electrons. The molecule has 1 aromatic heterocycles. The largest absolute Gasteiger partial charge is 0.481 e. The monoisotopic (exact) mass is 205 g/mol. The summed E-state index contributed by atoms with van der Waals surface area (Å²) in [5.41, 5.74) is 1.04. The summed E-state index contributed by atoms with van der Waals surface area (Å²) >= 11 is 0. The number of pyridine rings is 1. The van der Waals surface area contributed by atoms with Crippen LogP contribution in [0.5, 0.6) is 0 Å². The van der Waals surface area contributed by atoms with Crippen molar-refractivity contribution in [3.8, 4) is 0 Å². The van der Waals surface area contributed by atoms with E-state index in [0.717, 1.165) is 12.0 Å². The average molecular weight is 205 g/mol. The van der Waals surface area contributed by atoms with E-state index >= 15 is 0 Å². The highest BCUT2D eigenvalue weighted by Gasteiger charge is 2.08. The summed E-state index contributed by atoms with van der Waals surface area (Å²) in [6.07, 6.45) is 8.90. The molecular weight excluding hydrogens is 190 g/mol. The smallest absolute Gasteiger partial charge is 0.306 e. The van der Waals surface area contributed by atoms with Gasteiger partial charge in [-0.25, -0.2) is 0 Å². The third kappa shape index (κ3) is 4.40. The number of carboxylic acid groups (broad SMARTS) is 1. The molecule has 1 aromatic rings. The van der Waals surface area contributed by atoms with Gasteiger partial charge in [0.25, 0.3) is 0 Å². The minimum absolute atomic E-state index is 0.274. The van der Waals surface area contributed by atoms with Crippen molar-refractivity contribution in [3.05, 3.63) is 36.2 Å². The molecule has 1 N–H and O–H groups in total. The highest BCUT2D eigenvalue weighted by Crippen LogP contribution is 2.07. The predicted molar refractivity (Wildman–Crippen MR) is 59.3 cm³/mol. The molecule has 15 heavy (non-hydrogen) atoms. The van der Waals surface area contributed by atoms with Gasteiger partial charge < -0.3 is 5.11 Å². The summed E-state index contributed by atoms with van der Waals surface area (Å²) in [6.45, 7) is 1.72. The maximum absolute atomic E-state index is 10.5. The molecule has 3 heteroatoms. The van der Waals surface area contributed by atoms with Gasteiger partial charge in [0.15, 0.2) is 0 Å². The van der Waals surface area contributed by atoms with E-state index < -0.39 is 5.97 Å². The number of aliphatic carboxylic acids is 1. The molecule has 0 saturated heterocycles. The SMILES string of the molecule is CC(CC/C=C/c1cccnc1)C(=O)O. The number of nitrogens with zero attached hydrogens (tertiary/aromatic N) is 1. The molecule has 0 bridgehead atoms. The van der Waals surface area contributed by atoms with Gasteiger partial charge in [-0.1, -0.05) is 25.1 Å². The van der Waals surface area contributed by atoms with Crippen molar-refractivity contribution in [2.75, 3.05) is 0 Å². The maximum atomic E-state index is 10.5. The van der Waals surface area contributed by atoms with Gasteiger partial charge in [-0.2, -0.15) is 0 Å². The first-order valence-electron chi connectivity index (χ1n) is 4.99. The predicted octanol–water partition coefficient (Wildman–Crippen LogP) is 2.60. The lowest BCUT2D eigenvalue weighted by Gasteiger charge is -2.01. The second kappa shape index (κ2) is 5.96. The fraction of sp³-hybridized carbons (Fsp3) is 0.333. The topological polar surface area (TPSA) is 50.2 Å². The molecule has 1 atom stereocenters. The van der Waals surface area contributed by atoms with Gasteiger partial charge in [0.05, 0.1) is 5.92 Å². The number of carbonyl (C=O) groups is 1. The molecule has 0 fully saturated rings. The van der Waals surface area contributed by atoms with E-state index in [0.29, 0.717) is 6.42 Å². The van der Waals surface area contributed by atoms with E-state index in [2.05, 4.69) is 4.98 Å². The van der Waals surface area contributed by atoms with E-state index in [4.69, 9.17) is 5.11 Å². The summed E-state index contributed by atoms with van der Waals surface area (Å²) in [5.74, 6) is -1.01. The highest BCUT2D eigenvalue weighted by atomic mass is 16.4. The zero-order chi connectivity index (χ0) is 11.1. The Bertz CT molecular complexity index is 333. The molecule has 0 saturated carbocycles. The Kier molecular flexibility index (Phi) is 4.54. The Morgan fingerprint density at radius 3 is 3.07 bits per heavy atom. The normalized spacial score (nSPS) is 12.9. The van der Waals surface area contributed by atoms with E-state index in [1.165, 1.54) is 0 Å². The maximum Gasteiger partial charge on any atom is 0.306 e. The lowest BCUT2D eigenvalue weighted by atomic mass is 10.1. The Labute approximate surface area is 89.5 Å². The minimum Gasteiger partial charge on any atom is -0.481 e. The number of aromatic nitrogens is 1. The molecule has 0 aliphatic carbocycles. The number of carboxylic acids is 1. The number of rotatable bonds is 5. The molecule has 0 aliphatic rings. The molecule has 0 spiro atoms. The van der Waals surface area contributed by atoms with Crippen LogP contribution in [-0.2, 0) is 4.79 Å².